The van der Waals surface area contributed by atoms with Crippen molar-refractivity contribution in [1.29, 1.82) is 0 Å². The second-order valence-corrected chi connectivity index (χ2v) is 6.61. The smallest absolute Gasteiger partial charge is 0.314 e. The van der Waals surface area contributed by atoms with Gasteiger partial charge in [0, 0.05) is 44.7 Å². The highest BCUT2D eigenvalue weighted by Crippen LogP contribution is 2.26. The Morgan fingerprint density at radius 1 is 1.00 bits per heavy atom. The van der Waals surface area contributed by atoms with Crippen LogP contribution in [0.5, 0.6) is 0 Å². The zero-order valence-corrected chi connectivity index (χ0v) is 14.0. The van der Waals surface area contributed by atoms with Crippen molar-refractivity contribution < 1.29 is 14.4 Å². The molecule has 0 radical (unpaired) electrons. The molecule has 0 aromatic heterocycles. The maximum absolute atomic E-state index is 12.6. The van der Waals surface area contributed by atoms with E-state index in [0.717, 1.165) is 38.3 Å². The van der Waals surface area contributed by atoms with E-state index in [1.165, 1.54) is 15.6 Å². The fraction of sp³-hybridized carbons (Fsp3) is 0.471. The lowest BCUT2D eigenvalue weighted by atomic mass is 10.1. The summed E-state index contributed by atoms with van der Waals surface area (Å²) >= 11 is 0. The molecule has 4 amide bonds. The van der Waals surface area contributed by atoms with E-state index in [1.54, 1.807) is 0 Å². The number of nitrogens with zero attached hydrogens (tertiary/aromatic N) is 3. The van der Waals surface area contributed by atoms with Crippen LogP contribution in [-0.4, -0.2) is 65.5 Å². The maximum Gasteiger partial charge on any atom is 0.342 e. The van der Waals surface area contributed by atoms with E-state index < -0.39 is 6.03 Å². The number of fused-ring (bicyclic) bond motifs is 1. The average Bonchev–Trinajstić information content (AvgIpc) is 2.92. The number of imide groups is 1. The van der Waals surface area contributed by atoms with Crippen molar-refractivity contribution in [2.75, 3.05) is 32.7 Å². The molecule has 0 bridgehead atoms. The van der Waals surface area contributed by atoms with Gasteiger partial charge in [0.2, 0.25) is 5.91 Å². The van der Waals surface area contributed by atoms with E-state index >= 15 is 0 Å². The summed E-state index contributed by atoms with van der Waals surface area (Å²) in [6.07, 6.45) is 0.208. The summed E-state index contributed by atoms with van der Waals surface area (Å²) in [4.78, 5) is 38.3. The third-order valence-electron chi connectivity index (χ3n) is 4.89. The minimum atomic E-state index is -0.529. The molecular weight excluding hydrogens is 322 g/mol. The van der Waals surface area contributed by atoms with Crippen LogP contribution in [0.25, 0.3) is 0 Å². The van der Waals surface area contributed by atoms with Gasteiger partial charge < -0.3 is 5.32 Å². The van der Waals surface area contributed by atoms with Crippen molar-refractivity contribution in [3.63, 3.8) is 0 Å². The van der Waals surface area contributed by atoms with E-state index in [0.29, 0.717) is 12.1 Å². The summed E-state index contributed by atoms with van der Waals surface area (Å²) in [6, 6.07) is 5.37. The zero-order chi connectivity index (χ0) is 17.4. The molecule has 1 aromatic rings. The molecule has 2 N–H and O–H groups in total. The first kappa shape index (κ1) is 16.0. The Hall–Kier alpha value is -2.45. The lowest BCUT2D eigenvalue weighted by Gasteiger charge is -2.33. The van der Waals surface area contributed by atoms with Crippen molar-refractivity contribution in [3.8, 4) is 0 Å². The van der Waals surface area contributed by atoms with E-state index in [9.17, 15) is 14.4 Å². The number of nitrogens with one attached hydrogen (secondary N) is 2. The van der Waals surface area contributed by atoms with Crippen LogP contribution in [0.1, 0.15) is 27.9 Å². The van der Waals surface area contributed by atoms with Crippen molar-refractivity contribution in [2.24, 2.45) is 0 Å². The van der Waals surface area contributed by atoms with Gasteiger partial charge in [0.15, 0.2) is 0 Å². The van der Waals surface area contributed by atoms with Crippen LogP contribution in [0.3, 0.4) is 0 Å². The van der Waals surface area contributed by atoms with Gasteiger partial charge in [-0.1, -0.05) is 12.1 Å². The fourth-order valence-corrected chi connectivity index (χ4v) is 3.57. The summed E-state index contributed by atoms with van der Waals surface area (Å²) in [6.45, 7) is 5.50. The van der Waals surface area contributed by atoms with Gasteiger partial charge in [-0.3, -0.25) is 19.8 Å². The molecule has 8 heteroatoms. The predicted octanol–water partition coefficient (Wildman–Crippen LogP) is -0.0955. The molecule has 8 nitrogen and oxygen atoms in total. The highest BCUT2D eigenvalue weighted by atomic mass is 16.2. The molecular formula is C17H21N5O3. The number of hydrogen-bond acceptors (Lipinski definition) is 5. The minimum absolute atomic E-state index is 0.187. The molecule has 0 atom stereocenters. The van der Waals surface area contributed by atoms with Crippen LogP contribution in [-0.2, 0) is 17.9 Å². The molecule has 3 heterocycles. The SMILES string of the molecule is O=C1CCN(N2Cc3cc(CN4CCNCC4)ccc3C2=O)C(=O)N1. The van der Waals surface area contributed by atoms with Gasteiger partial charge >= 0.3 is 6.03 Å². The van der Waals surface area contributed by atoms with E-state index in [2.05, 4.69) is 21.6 Å². The number of amides is 4. The number of rotatable bonds is 3. The van der Waals surface area contributed by atoms with Crippen molar-refractivity contribution in [1.82, 2.24) is 25.6 Å². The van der Waals surface area contributed by atoms with Crippen LogP contribution < -0.4 is 10.6 Å². The molecule has 2 fully saturated rings. The molecule has 1 aromatic carbocycles. The average molecular weight is 343 g/mol. The van der Waals surface area contributed by atoms with Gasteiger partial charge in [-0.25, -0.2) is 14.8 Å². The number of carbonyl (C=O) groups excluding carboxylic acids is 3. The van der Waals surface area contributed by atoms with Gasteiger partial charge in [0.25, 0.3) is 5.91 Å². The molecule has 25 heavy (non-hydrogen) atoms. The largest absolute Gasteiger partial charge is 0.342 e. The normalized spacial score (nSPS) is 21.5. The van der Waals surface area contributed by atoms with Crippen molar-refractivity contribution in [3.05, 3.63) is 34.9 Å². The zero-order valence-electron chi connectivity index (χ0n) is 14.0. The summed E-state index contributed by atoms with van der Waals surface area (Å²) in [5, 5.41) is 8.36. The van der Waals surface area contributed by atoms with Crippen LogP contribution in [0.4, 0.5) is 4.79 Å². The molecule has 0 unspecified atom stereocenters. The number of piperazine rings is 1. The number of urea groups is 1. The topological polar surface area (TPSA) is 85.0 Å². The van der Waals surface area contributed by atoms with Gasteiger partial charge in [-0.15, -0.1) is 0 Å². The second-order valence-electron chi connectivity index (χ2n) is 6.61. The van der Waals surface area contributed by atoms with E-state index in [4.69, 9.17) is 0 Å². The molecule has 3 aliphatic rings. The van der Waals surface area contributed by atoms with E-state index in [-0.39, 0.29) is 24.8 Å². The van der Waals surface area contributed by atoms with Crippen LogP contribution >= 0.6 is 0 Å². The van der Waals surface area contributed by atoms with Crippen molar-refractivity contribution >= 4 is 17.8 Å². The summed E-state index contributed by atoms with van der Waals surface area (Å²) in [5.41, 5.74) is 2.74. The molecule has 2 saturated heterocycles. The number of carbonyl (C=O) groups is 3. The maximum atomic E-state index is 12.6. The predicted molar refractivity (Wildman–Crippen MR) is 89.3 cm³/mol. The third-order valence-corrected chi connectivity index (χ3v) is 4.89. The molecule has 0 saturated carbocycles. The Balaban J connectivity index is 1.49. The van der Waals surface area contributed by atoms with Crippen molar-refractivity contribution in [2.45, 2.75) is 19.5 Å². The molecule has 132 valence electrons. The highest BCUT2D eigenvalue weighted by Gasteiger charge is 2.36. The number of hydrogen-bond donors (Lipinski definition) is 2. The molecule has 0 spiro atoms. The molecule has 3 aliphatic heterocycles. The van der Waals surface area contributed by atoms with Gasteiger partial charge in [0.1, 0.15) is 0 Å². The van der Waals surface area contributed by atoms with E-state index in [1.807, 2.05) is 12.1 Å². The third kappa shape index (κ3) is 3.10. The first-order valence-corrected chi connectivity index (χ1v) is 8.60. The fourth-order valence-electron chi connectivity index (χ4n) is 3.57. The lowest BCUT2D eigenvalue weighted by molar-refractivity contribution is -0.123. The lowest BCUT2D eigenvalue weighted by Crippen LogP contribution is -2.56. The first-order chi connectivity index (χ1) is 12.1. The van der Waals surface area contributed by atoms with Gasteiger partial charge in [-0.2, -0.15) is 0 Å². The number of hydrazine groups is 1. The van der Waals surface area contributed by atoms with Gasteiger partial charge in [-0.05, 0) is 17.2 Å². The Bertz CT molecular complexity index is 729. The van der Waals surface area contributed by atoms with Crippen LogP contribution in [0.15, 0.2) is 18.2 Å². The minimum Gasteiger partial charge on any atom is -0.314 e. The monoisotopic (exact) mass is 343 g/mol. The Morgan fingerprint density at radius 2 is 1.80 bits per heavy atom. The number of benzene rings is 1. The Kier molecular flexibility index (Phi) is 4.14. The van der Waals surface area contributed by atoms with Crippen LogP contribution in [0, 0.1) is 0 Å². The summed E-state index contributed by atoms with van der Waals surface area (Å²) in [7, 11) is 0. The first-order valence-electron chi connectivity index (χ1n) is 8.60. The van der Waals surface area contributed by atoms with Gasteiger partial charge in [0.05, 0.1) is 13.1 Å². The molecule has 4 rings (SSSR count). The second kappa shape index (κ2) is 6.45. The molecule has 0 aliphatic carbocycles. The summed E-state index contributed by atoms with van der Waals surface area (Å²) < 4.78 is 0. The Morgan fingerprint density at radius 3 is 2.56 bits per heavy atom. The summed E-state index contributed by atoms with van der Waals surface area (Å²) in [5.74, 6) is -0.489. The quantitative estimate of drug-likeness (QED) is 0.801. The Labute approximate surface area is 145 Å². The standard InChI is InChI=1S/C17H21N5O3/c23-15-3-6-21(17(25)19-15)22-11-13-9-12(1-2-14(13)16(22)24)10-20-7-4-18-5-8-20/h1-2,9,18H,3-8,10-11H2,(H,19,23,25). The highest BCUT2D eigenvalue weighted by molar-refractivity contribution is 6.01. The van der Waals surface area contributed by atoms with Crippen LogP contribution in [0.2, 0.25) is 0 Å².